The first-order valence-corrected chi connectivity index (χ1v) is 12.4. The summed E-state index contributed by atoms with van der Waals surface area (Å²) < 4.78 is 21.2. The second-order valence-electron chi connectivity index (χ2n) is 2.75. The molecule has 0 saturated heterocycles. The van der Waals surface area contributed by atoms with Crippen molar-refractivity contribution in [2.75, 3.05) is 34.5 Å². The Balaban J connectivity index is 0. The van der Waals surface area contributed by atoms with Crippen molar-refractivity contribution in [1.29, 1.82) is 0 Å². The quantitative estimate of drug-likeness (QED) is 0.241. The molecular formula is C8H15Br6O3P. The molecule has 0 radical (unpaired) electrons. The Morgan fingerprint density at radius 3 is 1.39 bits per heavy atom. The molecule has 0 spiro atoms. The van der Waals surface area contributed by atoms with Gasteiger partial charge in [0.1, 0.15) is 0 Å². The first kappa shape index (κ1) is 23.3. The van der Waals surface area contributed by atoms with Gasteiger partial charge in [-0.2, -0.15) is 0 Å². The van der Waals surface area contributed by atoms with Gasteiger partial charge in [0.05, 0.1) is 13.2 Å². The van der Waals surface area contributed by atoms with Gasteiger partial charge in [-0.05, 0) is 0 Å². The Kier molecular flexibility index (Phi) is 23.4. The highest BCUT2D eigenvalue weighted by molar-refractivity contribution is 9.12. The maximum Gasteiger partial charge on any atom is 0.319 e. The third kappa shape index (κ3) is 19.0. The summed E-state index contributed by atoms with van der Waals surface area (Å²) in [5, 5.41) is 3.61. The minimum absolute atomic E-state index is 0.163. The van der Waals surface area contributed by atoms with Gasteiger partial charge in [-0.15, -0.1) is 0 Å². The number of rotatable bonds is 9. The van der Waals surface area contributed by atoms with Crippen LogP contribution in [0.5, 0.6) is 0 Å². The fourth-order valence-electron chi connectivity index (χ4n) is 0.448. The normalized spacial score (nSPS) is 15.4. The lowest BCUT2D eigenvalue weighted by Gasteiger charge is -2.09. The zero-order valence-electron chi connectivity index (χ0n) is 9.39. The fraction of sp³-hybridized carbons (Fsp3) is 1.00. The molecule has 0 saturated carbocycles. The van der Waals surface area contributed by atoms with Gasteiger partial charge in [0.2, 0.25) is 0 Å². The predicted octanol–water partition coefficient (Wildman–Crippen LogP) is 5.50. The van der Waals surface area contributed by atoms with Crippen LogP contribution in [0.25, 0.3) is 0 Å². The van der Waals surface area contributed by atoms with E-state index in [0.717, 1.165) is 21.3 Å². The lowest BCUT2D eigenvalue weighted by molar-refractivity contribution is 0.232. The van der Waals surface area contributed by atoms with Crippen LogP contribution in [0.4, 0.5) is 0 Å². The van der Waals surface area contributed by atoms with Crippen molar-refractivity contribution in [1.82, 2.24) is 0 Å². The molecule has 0 aliphatic heterocycles. The van der Waals surface area contributed by atoms with Crippen LogP contribution >= 0.6 is 104 Å². The highest BCUT2D eigenvalue weighted by atomic mass is 79.9. The first-order valence-electron chi connectivity index (χ1n) is 4.83. The van der Waals surface area contributed by atoms with Gasteiger partial charge in [-0.3, -0.25) is 4.57 Å². The largest absolute Gasteiger partial charge is 0.319 e. The topological polar surface area (TPSA) is 35.5 Å². The third-order valence-electron chi connectivity index (χ3n) is 1.17. The highest BCUT2D eigenvalue weighted by Gasteiger charge is 2.08. The van der Waals surface area contributed by atoms with E-state index in [1.54, 1.807) is 0 Å². The van der Waals surface area contributed by atoms with E-state index in [0.29, 0.717) is 13.2 Å². The van der Waals surface area contributed by atoms with Crippen molar-refractivity contribution < 1.29 is 13.6 Å². The average Bonchev–Trinajstić information content (AvgIpc) is 2.41. The second kappa shape index (κ2) is 18.1. The van der Waals surface area contributed by atoms with E-state index < -0.39 is 8.25 Å². The number of halogens is 6. The molecule has 0 amide bonds. The van der Waals surface area contributed by atoms with E-state index in [-0.39, 0.29) is 9.65 Å². The van der Waals surface area contributed by atoms with Crippen LogP contribution in [-0.2, 0) is 13.6 Å². The van der Waals surface area contributed by atoms with E-state index >= 15 is 0 Å². The summed E-state index contributed by atoms with van der Waals surface area (Å²) in [5.74, 6) is 0. The minimum atomic E-state index is -2.35. The average molecular weight is 670 g/mol. The lowest BCUT2D eigenvalue weighted by Crippen LogP contribution is -2.09. The van der Waals surface area contributed by atoms with Gasteiger partial charge in [-0.1, -0.05) is 95.6 Å². The third-order valence-corrected chi connectivity index (χ3v) is 8.31. The molecule has 0 bridgehead atoms. The summed E-state index contributed by atoms with van der Waals surface area (Å²) in [6.45, 7) is 0.759. The Morgan fingerprint density at radius 2 is 1.17 bits per heavy atom. The predicted molar refractivity (Wildman–Crippen MR) is 102 cm³/mol. The zero-order valence-corrected chi connectivity index (χ0v) is 19.9. The van der Waals surface area contributed by atoms with E-state index in [9.17, 15) is 4.57 Å². The molecule has 18 heavy (non-hydrogen) atoms. The Hall–Kier alpha value is 3.03. The van der Waals surface area contributed by atoms with Crippen molar-refractivity contribution in [2.24, 2.45) is 0 Å². The molecule has 3 nitrogen and oxygen atoms in total. The van der Waals surface area contributed by atoms with Crippen molar-refractivity contribution >= 4 is 104 Å². The lowest BCUT2D eigenvalue weighted by atomic mass is 10.5. The molecule has 0 aromatic heterocycles. The van der Waals surface area contributed by atoms with Crippen molar-refractivity contribution in [3.63, 3.8) is 0 Å². The summed E-state index contributed by atoms with van der Waals surface area (Å²) in [4.78, 5) is 0.326. The number of alkyl halides is 6. The summed E-state index contributed by atoms with van der Waals surface area (Å²) >= 11 is 19.6. The van der Waals surface area contributed by atoms with E-state index in [2.05, 4.69) is 95.6 Å². The summed E-state index contributed by atoms with van der Waals surface area (Å²) in [5.41, 5.74) is 0. The molecule has 0 aromatic carbocycles. The Bertz CT molecular complexity index is 182. The van der Waals surface area contributed by atoms with Gasteiger partial charge in [0.25, 0.3) is 0 Å². The second-order valence-corrected chi connectivity index (χ2v) is 9.30. The maximum absolute atomic E-state index is 11.2. The molecule has 0 N–H and O–H groups in total. The molecule has 0 aliphatic carbocycles. The number of hydrogen-bond donors (Lipinski definition) is 0. The standard InChI is InChI=1S/C6H11Br4O3P.C2H4Br2/c7-1-5(9)3-12-14(11)13-4-6(10)2-8;3-1-2-4/h5-6,14H,1-4H2;1-2H2. The smallest absolute Gasteiger partial charge is 0.309 e. The van der Waals surface area contributed by atoms with Crippen LogP contribution < -0.4 is 0 Å². The minimum Gasteiger partial charge on any atom is -0.309 e. The van der Waals surface area contributed by atoms with E-state index in [1.807, 2.05) is 0 Å². The highest BCUT2D eigenvalue weighted by Crippen LogP contribution is 2.26. The zero-order chi connectivity index (χ0) is 14.4. The molecule has 0 heterocycles. The van der Waals surface area contributed by atoms with Gasteiger partial charge < -0.3 is 9.05 Å². The maximum atomic E-state index is 11.2. The molecule has 2 unspecified atom stereocenters. The van der Waals surface area contributed by atoms with Crippen LogP contribution in [-0.4, -0.2) is 44.2 Å². The van der Waals surface area contributed by atoms with Crippen molar-refractivity contribution in [2.45, 2.75) is 9.65 Å². The van der Waals surface area contributed by atoms with Crippen LogP contribution in [0.1, 0.15) is 0 Å². The van der Waals surface area contributed by atoms with E-state index in [4.69, 9.17) is 9.05 Å². The van der Waals surface area contributed by atoms with Gasteiger partial charge in [-0.25, -0.2) is 0 Å². The molecule has 10 heteroatoms. The SMILES string of the molecule is BrCCBr.O=[PH](OCC(Br)CBr)OCC(Br)CBr. The van der Waals surface area contributed by atoms with Gasteiger partial charge in [0.15, 0.2) is 0 Å². The summed E-state index contributed by atoms with van der Waals surface area (Å²) in [6, 6.07) is 0. The summed E-state index contributed by atoms with van der Waals surface area (Å²) in [7, 11) is -2.35. The van der Waals surface area contributed by atoms with Crippen LogP contribution in [0.3, 0.4) is 0 Å². The molecule has 112 valence electrons. The monoisotopic (exact) mass is 664 g/mol. The van der Waals surface area contributed by atoms with Gasteiger partial charge in [0, 0.05) is 31.0 Å². The van der Waals surface area contributed by atoms with Crippen molar-refractivity contribution in [3.8, 4) is 0 Å². The number of hydrogen-bond acceptors (Lipinski definition) is 3. The van der Waals surface area contributed by atoms with Crippen LogP contribution in [0.15, 0.2) is 0 Å². The Morgan fingerprint density at radius 1 is 0.833 bits per heavy atom. The molecule has 0 fully saturated rings. The summed E-state index contributed by atoms with van der Waals surface area (Å²) in [6.07, 6.45) is 0. The van der Waals surface area contributed by atoms with Crippen molar-refractivity contribution in [3.05, 3.63) is 0 Å². The van der Waals surface area contributed by atoms with Crippen LogP contribution in [0, 0.1) is 0 Å². The molecule has 0 aromatic rings. The molecule has 2 atom stereocenters. The first-order chi connectivity index (χ1) is 8.51. The van der Waals surface area contributed by atoms with E-state index in [1.165, 1.54) is 0 Å². The van der Waals surface area contributed by atoms with Crippen LogP contribution in [0.2, 0.25) is 0 Å². The van der Waals surface area contributed by atoms with Gasteiger partial charge >= 0.3 is 8.25 Å². The fourth-order valence-corrected chi connectivity index (χ4v) is 2.33. The molecule has 0 aliphatic rings. The molecule has 0 rings (SSSR count). The Labute approximate surface area is 160 Å². The molecular weight excluding hydrogens is 654 g/mol.